The van der Waals surface area contributed by atoms with Crippen LogP contribution in [0.4, 0.5) is 5.82 Å². The topological polar surface area (TPSA) is 133 Å². The van der Waals surface area contributed by atoms with Gasteiger partial charge in [-0.3, -0.25) is 10.5 Å². The molecule has 2 heterocycles. The van der Waals surface area contributed by atoms with E-state index in [1.165, 1.54) is 13.1 Å². The summed E-state index contributed by atoms with van der Waals surface area (Å²) in [6, 6.07) is 0. The Kier molecular flexibility index (Phi) is 2.92. The van der Waals surface area contributed by atoms with Gasteiger partial charge >= 0.3 is 0 Å². The summed E-state index contributed by atoms with van der Waals surface area (Å²) in [6.07, 6.45) is -1.64. The number of carbonyl (C=O) groups is 1. The van der Waals surface area contributed by atoms with E-state index in [2.05, 4.69) is 20.6 Å². The van der Waals surface area contributed by atoms with Crippen molar-refractivity contribution in [3.8, 4) is 0 Å². The zero-order valence-electron chi connectivity index (χ0n) is 9.08. The number of rotatable bonds is 2. The highest BCUT2D eigenvalue weighted by Crippen LogP contribution is 2.19. The summed E-state index contributed by atoms with van der Waals surface area (Å²) >= 11 is 0. The minimum Gasteiger partial charge on any atom is -0.390 e. The Morgan fingerprint density at radius 2 is 2.18 bits per heavy atom. The molecule has 3 atom stereocenters. The molecule has 0 fully saturated rings. The molecule has 1 aromatic heterocycles. The highest BCUT2D eigenvalue weighted by molar-refractivity contribution is 5.98. The van der Waals surface area contributed by atoms with Crippen molar-refractivity contribution in [1.29, 1.82) is 0 Å². The molecule has 0 saturated heterocycles. The van der Waals surface area contributed by atoms with Crippen molar-refractivity contribution in [3.63, 3.8) is 0 Å². The van der Waals surface area contributed by atoms with Crippen molar-refractivity contribution in [2.45, 2.75) is 25.4 Å². The Morgan fingerprint density at radius 1 is 1.47 bits per heavy atom. The Labute approximate surface area is 96.9 Å². The average molecular weight is 239 g/mol. The summed E-state index contributed by atoms with van der Waals surface area (Å²) in [4.78, 5) is 19.4. The molecule has 1 aliphatic rings. The van der Waals surface area contributed by atoms with E-state index in [0.717, 1.165) is 0 Å². The van der Waals surface area contributed by atoms with Crippen LogP contribution in [0.25, 0.3) is 0 Å². The number of nitrogens with one attached hydrogen (secondary N) is 2. The molecule has 0 spiro atoms. The first kappa shape index (κ1) is 11.7. The smallest absolute Gasteiger partial charge is 0.276 e. The molecule has 92 valence electrons. The summed E-state index contributed by atoms with van der Waals surface area (Å²) in [5, 5.41) is 24.0. The van der Waals surface area contributed by atoms with Gasteiger partial charge in [0.1, 0.15) is 6.10 Å². The Bertz CT molecular complexity index is 450. The minimum atomic E-state index is -1.16. The summed E-state index contributed by atoms with van der Waals surface area (Å²) in [7, 11) is 0. The molecule has 2 rings (SSSR count). The van der Waals surface area contributed by atoms with Gasteiger partial charge in [0.05, 0.1) is 18.0 Å². The Hall–Kier alpha value is -1.77. The molecule has 8 heteroatoms. The van der Waals surface area contributed by atoms with Crippen LogP contribution >= 0.6 is 0 Å². The number of anilines is 1. The molecule has 0 radical (unpaired) electrons. The monoisotopic (exact) mass is 239 g/mol. The molecule has 1 amide bonds. The fourth-order valence-electron chi connectivity index (χ4n) is 1.45. The van der Waals surface area contributed by atoms with Crippen LogP contribution in [0.1, 0.15) is 29.2 Å². The SMILES string of the molecule is CC(O)[C@H](O)c1cnc2c(n1)NC(N)NC2=O. The number of fused-ring (bicyclic) bond motifs is 1. The molecule has 0 bridgehead atoms. The van der Waals surface area contributed by atoms with Gasteiger partial charge in [-0.1, -0.05) is 0 Å². The number of nitrogens with two attached hydrogens (primary N) is 1. The molecule has 0 aromatic carbocycles. The number of aromatic nitrogens is 2. The van der Waals surface area contributed by atoms with Gasteiger partial charge in [-0.15, -0.1) is 0 Å². The van der Waals surface area contributed by atoms with E-state index in [9.17, 15) is 15.0 Å². The summed E-state index contributed by atoms with van der Waals surface area (Å²) in [5.74, 6) is -0.240. The summed E-state index contributed by atoms with van der Waals surface area (Å²) in [5.41, 5.74) is 5.78. The van der Waals surface area contributed by atoms with Crippen molar-refractivity contribution in [3.05, 3.63) is 17.6 Å². The van der Waals surface area contributed by atoms with Crippen LogP contribution < -0.4 is 16.4 Å². The molecule has 0 saturated carbocycles. The Balaban J connectivity index is 2.37. The van der Waals surface area contributed by atoms with Crippen molar-refractivity contribution in [2.75, 3.05) is 5.32 Å². The molecule has 17 heavy (non-hydrogen) atoms. The lowest BCUT2D eigenvalue weighted by molar-refractivity contribution is 0.0276. The van der Waals surface area contributed by atoms with Gasteiger partial charge < -0.3 is 20.8 Å². The first-order chi connectivity index (χ1) is 7.99. The standard InChI is InChI=1S/C9H13N5O3/c1-3(15)6(16)4-2-11-5-7(12-4)13-9(10)14-8(5)17/h2-3,6,9,15-16H,10H2,1H3,(H,12,13)(H,14,17)/t3?,6-,9?/m0/s1. The Morgan fingerprint density at radius 3 is 2.82 bits per heavy atom. The molecule has 6 N–H and O–H groups in total. The summed E-state index contributed by atoms with van der Waals surface area (Å²) in [6.45, 7) is 1.43. The van der Waals surface area contributed by atoms with E-state index in [0.29, 0.717) is 0 Å². The number of aliphatic hydroxyl groups excluding tert-OH is 2. The number of hydrogen-bond acceptors (Lipinski definition) is 7. The lowest BCUT2D eigenvalue weighted by Crippen LogP contribution is -2.51. The number of aliphatic hydroxyl groups is 2. The van der Waals surface area contributed by atoms with Crippen LogP contribution in [-0.2, 0) is 0 Å². The largest absolute Gasteiger partial charge is 0.390 e. The molecule has 1 aliphatic heterocycles. The maximum atomic E-state index is 11.5. The molecule has 0 aliphatic carbocycles. The molecular weight excluding hydrogens is 226 g/mol. The van der Waals surface area contributed by atoms with E-state index >= 15 is 0 Å². The van der Waals surface area contributed by atoms with Crippen LogP contribution in [0.2, 0.25) is 0 Å². The van der Waals surface area contributed by atoms with Crippen LogP contribution in [-0.4, -0.2) is 38.5 Å². The van der Waals surface area contributed by atoms with Crippen LogP contribution in [0.15, 0.2) is 6.20 Å². The second kappa shape index (κ2) is 4.24. The minimum absolute atomic E-state index is 0.105. The third-order valence-corrected chi connectivity index (χ3v) is 2.34. The third-order valence-electron chi connectivity index (χ3n) is 2.34. The highest BCUT2D eigenvalue weighted by Gasteiger charge is 2.26. The second-order valence-corrected chi connectivity index (χ2v) is 3.77. The van der Waals surface area contributed by atoms with Gasteiger partial charge in [-0.2, -0.15) is 0 Å². The predicted octanol–water partition coefficient (Wildman–Crippen LogP) is -1.71. The molecular formula is C9H13N5O3. The predicted molar refractivity (Wildman–Crippen MR) is 57.7 cm³/mol. The van der Waals surface area contributed by atoms with Gasteiger partial charge in [-0.05, 0) is 6.92 Å². The molecule has 8 nitrogen and oxygen atoms in total. The van der Waals surface area contributed by atoms with E-state index in [1.807, 2.05) is 0 Å². The molecule has 1 aromatic rings. The maximum Gasteiger partial charge on any atom is 0.276 e. The fourth-order valence-corrected chi connectivity index (χ4v) is 1.45. The van der Waals surface area contributed by atoms with E-state index < -0.39 is 24.4 Å². The quantitative estimate of drug-likeness (QED) is 0.415. The van der Waals surface area contributed by atoms with E-state index in [1.54, 1.807) is 0 Å². The lowest BCUT2D eigenvalue weighted by Gasteiger charge is -2.24. The normalized spacial score (nSPS) is 22.1. The van der Waals surface area contributed by atoms with Crippen molar-refractivity contribution in [1.82, 2.24) is 15.3 Å². The number of amides is 1. The van der Waals surface area contributed by atoms with Gasteiger partial charge in [0, 0.05) is 0 Å². The zero-order chi connectivity index (χ0) is 12.6. The van der Waals surface area contributed by atoms with Crippen molar-refractivity contribution < 1.29 is 15.0 Å². The van der Waals surface area contributed by atoms with Gasteiger partial charge in [0.15, 0.2) is 17.8 Å². The van der Waals surface area contributed by atoms with Crippen LogP contribution in [0.5, 0.6) is 0 Å². The average Bonchev–Trinajstić information content (AvgIpc) is 2.26. The van der Waals surface area contributed by atoms with Gasteiger partial charge in [-0.25, -0.2) is 9.97 Å². The number of nitrogens with zero attached hydrogens (tertiary/aromatic N) is 2. The highest BCUT2D eigenvalue weighted by atomic mass is 16.3. The maximum absolute atomic E-state index is 11.5. The van der Waals surface area contributed by atoms with Crippen LogP contribution in [0, 0.1) is 0 Å². The number of carbonyl (C=O) groups excluding carboxylic acids is 1. The second-order valence-electron chi connectivity index (χ2n) is 3.77. The van der Waals surface area contributed by atoms with Gasteiger partial charge in [0.2, 0.25) is 0 Å². The lowest BCUT2D eigenvalue weighted by atomic mass is 10.1. The van der Waals surface area contributed by atoms with Crippen molar-refractivity contribution in [2.24, 2.45) is 5.73 Å². The van der Waals surface area contributed by atoms with E-state index in [4.69, 9.17) is 5.73 Å². The first-order valence-corrected chi connectivity index (χ1v) is 5.05. The number of hydrogen-bond donors (Lipinski definition) is 5. The third kappa shape index (κ3) is 2.18. The zero-order valence-corrected chi connectivity index (χ0v) is 9.08. The molecule has 2 unspecified atom stereocenters. The van der Waals surface area contributed by atoms with Gasteiger partial charge in [0.25, 0.3) is 5.91 Å². The van der Waals surface area contributed by atoms with Crippen molar-refractivity contribution >= 4 is 11.7 Å². The first-order valence-electron chi connectivity index (χ1n) is 5.05. The summed E-state index contributed by atoms with van der Waals surface area (Å²) < 4.78 is 0. The van der Waals surface area contributed by atoms with E-state index in [-0.39, 0.29) is 17.2 Å². The fraction of sp³-hybridized carbons (Fsp3) is 0.444. The van der Waals surface area contributed by atoms with Crippen LogP contribution in [0.3, 0.4) is 0 Å².